The molecule has 0 spiro atoms. The van der Waals surface area contributed by atoms with Gasteiger partial charge in [-0.1, -0.05) is 6.92 Å². The van der Waals surface area contributed by atoms with Crippen molar-refractivity contribution in [2.24, 2.45) is 5.92 Å². The molecule has 0 saturated heterocycles. The van der Waals surface area contributed by atoms with Gasteiger partial charge in [-0.3, -0.25) is 0 Å². The van der Waals surface area contributed by atoms with Crippen LogP contribution in [-0.2, 0) is 13.0 Å². The number of carbonyl (C=O) groups is 1. The molecule has 0 radical (unpaired) electrons. The van der Waals surface area contributed by atoms with Gasteiger partial charge in [-0.2, -0.15) is 9.78 Å². The van der Waals surface area contributed by atoms with Gasteiger partial charge in [0, 0.05) is 32.4 Å². The molecular formula is C11H18N4O. The Kier molecular flexibility index (Phi) is 2.96. The Hall–Kier alpha value is -1.36. The lowest BCUT2D eigenvalue weighted by atomic mass is 10.1. The molecule has 1 aliphatic heterocycles. The Bertz CT molecular complexity index is 397. The van der Waals surface area contributed by atoms with Crippen LogP contribution in [0, 0.1) is 5.92 Å². The van der Waals surface area contributed by atoms with Crippen LogP contribution in [0.15, 0.2) is 6.20 Å². The number of rotatable bonds is 0. The van der Waals surface area contributed by atoms with Crippen LogP contribution in [0.1, 0.15) is 18.2 Å². The fourth-order valence-electron chi connectivity index (χ4n) is 1.92. The van der Waals surface area contributed by atoms with E-state index in [4.69, 9.17) is 0 Å². The van der Waals surface area contributed by atoms with Gasteiger partial charge in [0.15, 0.2) is 0 Å². The van der Waals surface area contributed by atoms with Gasteiger partial charge in [-0.15, -0.1) is 0 Å². The Labute approximate surface area is 95.4 Å². The smallest absolute Gasteiger partial charge is 0.329 e. The molecule has 1 aromatic rings. The van der Waals surface area contributed by atoms with E-state index in [0.29, 0.717) is 5.92 Å². The van der Waals surface area contributed by atoms with Crippen LogP contribution in [0.3, 0.4) is 0 Å². The van der Waals surface area contributed by atoms with Crippen molar-refractivity contribution in [3.63, 3.8) is 0 Å². The highest BCUT2D eigenvalue weighted by molar-refractivity contribution is 5.75. The normalized spacial score (nSPS) is 20.1. The van der Waals surface area contributed by atoms with Gasteiger partial charge in [0.25, 0.3) is 0 Å². The number of hydrogen-bond acceptors (Lipinski definition) is 3. The molecule has 5 nitrogen and oxygen atoms in total. The predicted molar refractivity (Wildman–Crippen MR) is 61.3 cm³/mol. The van der Waals surface area contributed by atoms with E-state index in [1.807, 2.05) is 6.20 Å². The van der Waals surface area contributed by atoms with Crippen LogP contribution in [0.2, 0.25) is 0 Å². The zero-order valence-corrected chi connectivity index (χ0v) is 10.0. The largest absolute Gasteiger partial charge is 0.344 e. The van der Waals surface area contributed by atoms with Crippen LogP contribution in [0.4, 0.5) is 4.79 Å². The molecule has 1 N–H and O–H groups in total. The number of nitrogens with zero attached hydrogens (tertiary/aromatic N) is 3. The maximum absolute atomic E-state index is 11.7. The van der Waals surface area contributed by atoms with Crippen molar-refractivity contribution in [3.8, 4) is 0 Å². The highest BCUT2D eigenvalue weighted by atomic mass is 16.2. The summed E-state index contributed by atoms with van der Waals surface area (Å²) in [4.78, 5) is 13.3. The van der Waals surface area contributed by atoms with Crippen molar-refractivity contribution in [1.29, 1.82) is 0 Å². The minimum atomic E-state index is -0.0965. The topological polar surface area (TPSA) is 50.2 Å². The quantitative estimate of drug-likeness (QED) is 0.703. The first-order chi connectivity index (χ1) is 7.58. The molecule has 16 heavy (non-hydrogen) atoms. The van der Waals surface area contributed by atoms with Crippen LogP contribution in [0.25, 0.3) is 0 Å². The summed E-state index contributed by atoms with van der Waals surface area (Å²) in [6.07, 6.45) is 2.78. The molecule has 5 heteroatoms. The third kappa shape index (κ3) is 2.09. The third-order valence-corrected chi connectivity index (χ3v) is 2.81. The molecule has 0 bridgehead atoms. The molecule has 1 aliphatic rings. The van der Waals surface area contributed by atoms with Gasteiger partial charge in [0.1, 0.15) is 0 Å². The van der Waals surface area contributed by atoms with Gasteiger partial charge in [-0.05, 0) is 18.9 Å². The molecule has 1 aromatic heterocycles. The molecule has 88 valence electrons. The van der Waals surface area contributed by atoms with Gasteiger partial charge < -0.3 is 10.2 Å². The second kappa shape index (κ2) is 4.25. The van der Waals surface area contributed by atoms with Crippen molar-refractivity contribution < 1.29 is 4.79 Å². The Morgan fingerprint density at radius 1 is 1.62 bits per heavy atom. The average Bonchev–Trinajstić information content (AvgIpc) is 2.52. The summed E-state index contributed by atoms with van der Waals surface area (Å²) in [5.74, 6) is 0.569. The summed E-state index contributed by atoms with van der Waals surface area (Å²) in [5, 5.41) is 7.72. The van der Waals surface area contributed by atoms with Crippen molar-refractivity contribution >= 4 is 6.03 Å². The second-order valence-electron chi connectivity index (χ2n) is 4.66. The third-order valence-electron chi connectivity index (χ3n) is 2.81. The minimum absolute atomic E-state index is 0.0965. The summed E-state index contributed by atoms with van der Waals surface area (Å²) in [6, 6.07) is -0.0965. The lowest BCUT2D eigenvalue weighted by molar-refractivity contribution is 0.215. The molecule has 0 aromatic carbocycles. The van der Waals surface area contributed by atoms with E-state index in [9.17, 15) is 4.79 Å². The van der Waals surface area contributed by atoms with Crippen molar-refractivity contribution in [3.05, 3.63) is 17.5 Å². The maximum Gasteiger partial charge on any atom is 0.344 e. The van der Waals surface area contributed by atoms with Crippen molar-refractivity contribution in [2.45, 2.75) is 19.9 Å². The van der Waals surface area contributed by atoms with E-state index in [1.54, 1.807) is 14.1 Å². The molecule has 2 heterocycles. The van der Waals surface area contributed by atoms with E-state index in [1.165, 1.54) is 9.58 Å². The van der Waals surface area contributed by atoms with E-state index in [2.05, 4.69) is 17.3 Å². The fraction of sp³-hybridized carbons (Fsp3) is 0.636. The molecule has 0 aliphatic carbocycles. The van der Waals surface area contributed by atoms with Crippen LogP contribution >= 0.6 is 0 Å². The summed E-state index contributed by atoms with van der Waals surface area (Å²) < 4.78 is 1.43. The minimum Gasteiger partial charge on any atom is -0.329 e. The monoisotopic (exact) mass is 222 g/mol. The number of fused-ring (bicyclic) bond motifs is 1. The zero-order valence-electron chi connectivity index (χ0n) is 10.0. The highest BCUT2D eigenvalue weighted by Gasteiger charge is 2.19. The predicted octanol–water partition coefficient (Wildman–Crippen LogP) is 0.695. The average molecular weight is 222 g/mol. The van der Waals surface area contributed by atoms with Gasteiger partial charge in [0.05, 0.1) is 5.69 Å². The van der Waals surface area contributed by atoms with Crippen LogP contribution in [-0.4, -0.2) is 41.4 Å². The van der Waals surface area contributed by atoms with E-state index >= 15 is 0 Å². The van der Waals surface area contributed by atoms with E-state index in [-0.39, 0.29) is 6.03 Å². The molecule has 1 amide bonds. The molecule has 0 fully saturated rings. The summed E-state index contributed by atoms with van der Waals surface area (Å²) in [6.45, 7) is 4.01. The number of aromatic nitrogens is 2. The molecule has 0 saturated carbocycles. The van der Waals surface area contributed by atoms with E-state index in [0.717, 1.165) is 30.8 Å². The first-order valence-corrected chi connectivity index (χ1v) is 5.57. The lowest BCUT2D eigenvalue weighted by Gasteiger charge is -2.09. The van der Waals surface area contributed by atoms with Gasteiger partial charge in [0.2, 0.25) is 0 Å². The first-order valence-electron chi connectivity index (χ1n) is 5.57. The summed E-state index contributed by atoms with van der Waals surface area (Å²) >= 11 is 0. The van der Waals surface area contributed by atoms with Crippen LogP contribution < -0.4 is 5.32 Å². The van der Waals surface area contributed by atoms with E-state index < -0.39 is 0 Å². The van der Waals surface area contributed by atoms with Gasteiger partial charge in [-0.25, -0.2) is 4.79 Å². The number of nitrogens with one attached hydrogen (secondary N) is 1. The van der Waals surface area contributed by atoms with Crippen LogP contribution in [0.5, 0.6) is 0 Å². The Balaban J connectivity index is 2.26. The molecule has 1 atom stereocenters. The zero-order chi connectivity index (χ0) is 11.7. The number of carbonyl (C=O) groups excluding carboxylic acids is 1. The lowest BCUT2D eigenvalue weighted by Crippen LogP contribution is -2.28. The van der Waals surface area contributed by atoms with Crippen molar-refractivity contribution in [1.82, 2.24) is 20.0 Å². The molecular weight excluding hydrogens is 204 g/mol. The number of hydrogen-bond donors (Lipinski definition) is 1. The summed E-state index contributed by atoms with van der Waals surface area (Å²) in [7, 11) is 3.46. The van der Waals surface area contributed by atoms with Crippen molar-refractivity contribution in [2.75, 3.05) is 20.6 Å². The SMILES string of the molecule is CC1CNCc2cn(C(=O)N(C)C)nc2C1. The molecule has 1 unspecified atom stereocenters. The standard InChI is InChI=1S/C11H18N4O/c1-8-4-10-9(6-12-5-8)7-15(13-10)11(16)14(2)3/h7-8,12H,4-6H2,1-3H3. The Morgan fingerprint density at radius 3 is 3.06 bits per heavy atom. The fourth-order valence-corrected chi connectivity index (χ4v) is 1.92. The highest BCUT2D eigenvalue weighted by Crippen LogP contribution is 2.15. The molecule has 2 rings (SSSR count). The second-order valence-corrected chi connectivity index (χ2v) is 4.66. The number of amides is 1. The first kappa shape index (κ1) is 11.1. The maximum atomic E-state index is 11.7. The summed E-state index contributed by atoms with van der Waals surface area (Å²) in [5.41, 5.74) is 2.19. The van der Waals surface area contributed by atoms with Gasteiger partial charge >= 0.3 is 6.03 Å². The Morgan fingerprint density at radius 2 is 2.38 bits per heavy atom.